The molecule has 0 unspecified atom stereocenters. The van der Waals surface area contributed by atoms with Crippen LogP contribution in [0.4, 0.5) is 5.69 Å². The van der Waals surface area contributed by atoms with Gasteiger partial charge in [-0.05, 0) is 30.7 Å². The Morgan fingerprint density at radius 3 is 2.52 bits per heavy atom. The van der Waals surface area contributed by atoms with Crippen LogP contribution in [0.25, 0.3) is 0 Å². The minimum atomic E-state index is -0.693. The lowest BCUT2D eigenvalue weighted by molar-refractivity contribution is -0.119. The Morgan fingerprint density at radius 1 is 1.03 bits per heavy atom. The number of hydrogen-bond acceptors (Lipinski definition) is 5. The van der Waals surface area contributed by atoms with Crippen molar-refractivity contribution >= 4 is 23.5 Å². The fraction of sp³-hybridized carbons (Fsp3) is 0.143. The number of carbonyl (C=O) groups is 3. The van der Waals surface area contributed by atoms with Crippen LogP contribution in [-0.4, -0.2) is 34.6 Å². The van der Waals surface area contributed by atoms with Crippen LogP contribution in [0.3, 0.4) is 0 Å². The maximum atomic E-state index is 12.5. The fourth-order valence-corrected chi connectivity index (χ4v) is 2.54. The van der Waals surface area contributed by atoms with E-state index in [1.54, 1.807) is 24.3 Å². The molecule has 3 rings (SSSR count). The highest BCUT2D eigenvalue weighted by Gasteiger charge is 2.15. The van der Waals surface area contributed by atoms with Crippen LogP contribution < -0.4 is 10.6 Å². The number of ether oxygens (including phenoxy) is 1. The Hall–Kier alpha value is -3.94. The van der Waals surface area contributed by atoms with Gasteiger partial charge in [0.2, 0.25) is 0 Å². The summed E-state index contributed by atoms with van der Waals surface area (Å²) in [4.78, 5) is 36.4. The molecule has 0 saturated carbocycles. The van der Waals surface area contributed by atoms with E-state index in [4.69, 9.17) is 4.74 Å². The average molecular weight is 392 g/mol. The van der Waals surface area contributed by atoms with Gasteiger partial charge in [-0.2, -0.15) is 5.10 Å². The highest BCUT2D eigenvalue weighted by atomic mass is 16.5. The number of nitrogens with one attached hydrogen (secondary N) is 3. The molecule has 29 heavy (non-hydrogen) atoms. The minimum Gasteiger partial charge on any atom is -0.451 e. The van der Waals surface area contributed by atoms with E-state index in [9.17, 15) is 14.4 Å². The third kappa shape index (κ3) is 5.52. The molecule has 0 saturated heterocycles. The normalized spacial score (nSPS) is 10.2. The molecule has 0 spiro atoms. The van der Waals surface area contributed by atoms with Gasteiger partial charge in [0.1, 0.15) is 5.69 Å². The number of aromatic amines is 1. The summed E-state index contributed by atoms with van der Waals surface area (Å²) in [6.07, 6.45) is 1.40. The maximum Gasteiger partial charge on any atom is 0.356 e. The molecule has 0 aliphatic carbocycles. The van der Waals surface area contributed by atoms with Gasteiger partial charge in [0.25, 0.3) is 11.8 Å². The van der Waals surface area contributed by atoms with E-state index in [0.717, 1.165) is 11.1 Å². The van der Waals surface area contributed by atoms with Crippen molar-refractivity contribution in [3.8, 4) is 0 Å². The number of amides is 2. The van der Waals surface area contributed by atoms with Crippen molar-refractivity contribution in [3.63, 3.8) is 0 Å². The second-order valence-electron chi connectivity index (χ2n) is 6.31. The third-order valence-electron chi connectivity index (χ3n) is 4.07. The lowest BCUT2D eigenvalue weighted by Crippen LogP contribution is -2.26. The van der Waals surface area contributed by atoms with E-state index in [1.165, 1.54) is 12.3 Å². The molecule has 1 heterocycles. The molecular weight excluding hydrogens is 372 g/mol. The SMILES string of the molecule is Cc1ccc(CNC(=O)c2ccccc2NC(=O)COC(=O)c2ccn[nH]2)cc1. The molecule has 0 aliphatic heterocycles. The van der Waals surface area contributed by atoms with Crippen LogP contribution >= 0.6 is 0 Å². The zero-order chi connectivity index (χ0) is 20.6. The highest BCUT2D eigenvalue weighted by Crippen LogP contribution is 2.15. The molecule has 3 aromatic rings. The van der Waals surface area contributed by atoms with Gasteiger partial charge < -0.3 is 15.4 Å². The monoisotopic (exact) mass is 392 g/mol. The number of esters is 1. The third-order valence-corrected chi connectivity index (χ3v) is 4.07. The van der Waals surface area contributed by atoms with Crippen LogP contribution in [0.5, 0.6) is 0 Å². The van der Waals surface area contributed by atoms with Gasteiger partial charge in [-0.3, -0.25) is 14.7 Å². The average Bonchev–Trinajstić information content (AvgIpc) is 3.27. The van der Waals surface area contributed by atoms with E-state index in [2.05, 4.69) is 20.8 Å². The molecule has 8 heteroatoms. The summed E-state index contributed by atoms with van der Waals surface area (Å²) in [5.41, 5.74) is 2.90. The van der Waals surface area contributed by atoms with Gasteiger partial charge in [-0.1, -0.05) is 42.0 Å². The smallest absolute Gasteiger partial charge is 0.356 e. The number of aryl methyl sites for hydroxylation is 1. The second-order valence-corrected chi connectivity index (χ2v) is 6.31. The molecule has 0 bridgehead atoms. The van der Waals surface area contributed by atoms with E-state index in [-0.39, 0.29) is 11.6 Å². The Balaban J connectivity index is 1.57. The molecule has 0 fully saturated rings. The lowest BCUT2D eigenvalue weighted by atomic mass is 10.1. The van der Waals surface area contributed by atoms with Crippen LogP contribution in [0.2, 0.25) is 0 Å². The molecule has 2 aromatic carbocycles. The maximum absolute atomic E-state index is 12.5. The number of benzene rings is 2. The molecule has 148 valence electrons. The molecule has 2 amide bonds. The van der Waals surface area contributed by atoms with Crippen molar-refractivity contribution in [1.29, 1.82) is 0 Å². The van der Waals surface area contributed by atoms with Crippen LogP contribution in [0.1, 0.15) is 32.0 Å². The van der Waals surface area contributed by atoms with Gasteiger partial charge in [-0.25, -0.2) is 4.79 Å². The minimum absolute atomic E-state index is 0.147. The van der Waals surface area contributed by atoms with Crippen LogP contribution in [0, 0.1) is 6.92 Å². The van der Waals surface area contributed by atoms with Gasteiger partial charge >= 0.3 is 5.97 Å². The van der Waals surface area contributed by atoms with Crippen molar-refractivity contribution in [2.75, 3.05) is 11.9 Å². The number of H-pyrrole nitrogens is 1. The van der Waals surface area contributed by atoms with Crippen molar-refractivity contribution in [2.24, 2.45) is 0 Å². The first-order valence-electron chi connectivity index (χ1n) is 8.92. The van der Waals surface area contributed by atoms with E-state index in [0.29, 0.717) is 17.8 Å². The number of nitrogens with zero attached hydrogens (tertiary/aromatic N) is 1. The van der Waals surface area contributed by atoms with Crippen LogP contribution in [-0.2, 0) is 16.1 Å². The number of para-hydroxylation sites is 1. The largest absolute Gasteiger partial charge is 0.451 e. The summed E-state index contributed by atoms with van der Waals surface area (Å²) in [6.45, 7) is 1.87. The Morgan fingerprint density at radius 2 is 1.79 bits per heavy atom. The summed E-state index contributed by atoms with van der Waals surface area (Å²) in [7, 11) is 0. The van der Waals surface area contributed by atoms with Gasteiger partial charge in [-0.15, -0.1) is 0 Å². The molecule has 0 radical (unpaired) electrons. The summed E-state index contributed by atoms with van der Waals surface area (Å²) in [5.74, 6) is -1.57. The molecule has 3 N–H and O–H groups in total. The van der Waals surface area contributed by atoms with E-state index >= 15 is 0 Å². The predicted octanol–water partition coefficient (Wildman–Crippen LogP) is 2.44. The van der Waals surface area contributed by atoms with E-state index < -0.39 is 18.5 Å². The summed E-state index contributed by atoms with van der Waals surface area (Å²) in [6, 6.07) is 15.9. The number of aromatic nitrogens is 2. The predicted molar refractivity (Wildman–Crippen MR) is 106 cm³/mol. The zero-order valence-corrected chi connectivity index (χ0v) is 15.8. The number of hydrogen-bond donors (Lipinski definition) is 3. The number of rotatable bonds is 7. The Labute approximate surface area is 167 Å². The fourth-order valence-electron chi connectivity index (χ4n) is 2.54. The van der Waals surface area contributed by atoms with Crippen LogP contribution in [0.15, 0.2) is 60.8 Å². The molecule has 0 atom stereocenters. The molecular formula is C21H20N4O4. The quantitative estimate of drug-likeness (QED) is 0.535. The zero-order valence-electron chi connectivity index (χ0n) is 15.8. The van der Waals surface area contributed by atoms with Crippen molar-refractivity contribution in [2.45, 2.75) is 13.5 Å². The lowest BCUT2D eigenvalue weighted by Gasteiger charge is -2.12. The first kappa shape index (κ1) is 19.8. The molecule has 0 aliphatic rings. The number of carbonyl (C=O) groups excluding carboxylic acids is 3. The first-order valence-corrected chi connectivity index (χ1v) is 8.92. The van der Waals surface area contributed by atoms with Crippen molar-refractivity contribution in [3.05, 3.63) is 83.2 Å². The Kier molecular flexibility index (Phi) is 6.36. The first-order chi connectivity index (χ1) is 14.0. The van der Waals surface area contributed by atoms with Gasteiger partial charge in [0.05, 0.1) is 11.3 Å². The van der Waals surface area contributed by atoms with Crippen molar-refractivity contribution < 1.29 is 19.1 Å². The molecule has 1 aromatic heterocycles. The van der Waals surface area contributed by atoms with E-state index in [1.807, 2.05) is 31.2 Å². The Bertz CT molecular complexity index is 998. The van der Waals surface area contributed by atoms with Gasteiger partial charge in [0.15, 0.2) is 6.61 Å². The van der Waals surface area contributed by atoms with Crippen molar-refractivity contribution in [1.82, 2.24) is 15.5 Å². The standard InChI is InChI=1S/C21H20N4O4/c1-14-6-8-15(9-7-14)12-22-20(27)16-4-2-3-5-17(16)24-19(26)13-29-21(28)18-10-11-23-25-18/h2-11H,12-13H2,1H3,(H,22,27)(H,23,25)(H,24,26). The summed E-state index contributed by atoms with van der Waals surface area (Å²) < 4.78 is 4.91. The summed E-state index contributed by atoms with van der Waals surface area (Å²) in [5, 5.41) is 11.5. The summed E-state index contributed by atoms with van der Waals surface area (Å²) >= 11 is 0. The number of anilines is 1. The van der Waals surface area contributed by atoms with Gasteiger partial charge in [0, 0.05) is 12.7 Å². The molecule has 8 nitrogen and oxygen atoms in total. The second kappa shape index (κ2) is 9.32. The highest BCUT2D eigenvalue weighted by molar-refractivity contribution is 6.04. The topological polar surface area (TPSA) is 113 Å².